The fourth-order valence-corrected chi connectivity index (χ4v) is 3.18. The van der Waals surface area contributed by atoms with Gasteiger partial charge in [0, 0.05) is 0 Å². The highest BCUT2D eigenvalue weighted by Crippen LogP contribution is 1.52. The molecule has 8 heteroatoms. The van der Waals surface area contributed by atoms with Crippen molar-refractivity contribution in [3.63, 3.8) is 0 Å². The van der Waals surface area contributed by atoms with Crippen LogP contribution in [0.4, 0.5) is 0 Å². The molecule has 0 amide bonds. The predicted octanol–water partition coefficient (Wildman–Crippen LogP) is -5.86. The van der Waals surface area contributed by atoms with Gasteiger partial charge in [-0.3, -0.25) is 0 Å². The Balaban J connectivity index is 0. The maximum Gasteiger partial charge on any atom is 0.282 e. The minimum absolute atomic E-state index is 0.444. The summed E-state index contributed by atoms with van der Waals surface area (Å²) in [5, 5.41) is 0. The minimum Gasteiger partial charge on any atom is -0.471 e. The molecule has 52 valence electrons. The van der Waals surface area contributed by atoms with Crippen molar-refractivity contribution in [2.75, 3.05) is 0 Å². The lowest BCUT2D eigenvalue weighted by Crippen LogP contribution is -1.96. The van der Waals surface area contributed by atoms with Crippen molar-refractivity contribution in [3.8, 4) is 0 Å². The van der Waals surface area contributed by atoms with Crippen molar-refractivity contribution in [1.82, 2.24) is 0 Å². The Morgan fingerprint density at radius 3 is 1.12 bits per heavy atom. The Morgan fingerprint density at radius 2 is 1.12 bits per heavy atom. The lowest BCUT2D eigenvalue weighted by Gasteiger charge is -1.87. The standard InChI is InChI=1S/H8O2Si3.H6OSi2/c3-1-5-2-4;2-1-3/h5H2,3-4H3;2-3H3. The second-order valence-corrected chi connectivity index (χ2v) is 9.22. The van der Waals surface area contributed by atoms with Crippen LogP contribution in [0.5, 0.6) is 0 Å². The Bertz CT molecular complexity index is 21.6. The fraction of sp³-hybridized carbons (Fsp3) is 0. The average molecular weight is 203 g/mol. The average Bonchev–Trinajstić information content (AvgIpc) is 1.71. The highest BCUT2D eigenvalue weighted by atomic mass is 28.3. The van der Waals surface area contributed by atoms with Crippen LogP contribution in [0.25, 0.3) is 0 Å². The van der Waals surface area contributed by atoms with Gasteiger partial charge in [-0.25, -0.2) is 0 Å². The Kier molecular flexibility index (Phi) is 23.0. The van der Waals surface area contributed by atoms with E-state index < -0.39 is 10.0 Å². The Hall–Kier alpha value is 0.964. The first-order valence-electron chi connectivity index (χ1n) is 2.21. The van der Waals surface area contributed by atoms with Crippen LogP contribution < -0.4 is 0 Å². The molecular formula is H14O3Si5. The second kappa shape index (κ2) is 15.7. The third-order valence-electron chi connectivity index (χ3n) is 0.236. The van der Waals surface area contributed by atoms with Crippen molar-refractivity contribution >= 4 is 52.0 Å². The lowest BCUT2D eigenvalue weighted by atomic mass is 15.8. The van der Waals surface area contributed by atoms with Crippen LogP contribution in [0.2, 0.25) is 0 Å². The van der Waals surface area contributed by atoms with Crippen molar-refractivity contribution < 1.29 is 12.3 Å². The van der Waals surface area contributed by atoms with E-state index in [0.717, 1.165) is 41.9 Å². The van der Waals surface area contributed by atoms with Crippen LogP contribution in [0.1, 0.15) is 0 Å². The van der Waals surface area contributed by atoms with Gasteiger partial charge >= 0.3 is 0 Å². The van der Waals surface area contributed by atoms with Gasteiger partial charge in [-0.15, -0.1) is 0 Å². The number of hydrogen-bond acceptors (Lipinski definition) is 3. The largest absolute Gasteiger partial charge is 0.471 e. The molecular weight excluding hydrogens is 188 g/mol. The topological polar surface area (TPSA) is 27.7 Å². The lowest BCUT2D eigenvalue weighted by molar-refractivity contribution is 0.513. The molecule has 0 bridgehead atoms. The summed E-state index contributed by atoms with van der Waals surface area (Å²) in [7, 11) is 3.13. The summed E-state index contributed by atoms with van der Waals surface area (Å²) in [4.78, 5) is 0. The van der Waals surface area contributed by atoms with Gasteiger partial charge in [-0.05, 0) is 0 Å². The van der Waals surface area contributed by atoms with E-state index in [-0.39, 0.29) is 0 Å². The highest BCUT2D eigenvalue weighted by Gasteiger charge is 1.66. The van der Waals surface area contributed by atoms with Gasteiger partial charge in [0.05, 0.1) is 0 Å². The molecule has 0 atom stereocenters. The van der Waals surface area contributed by atoms with Crippen LogP contribution >= 0.6 is 0 Å². The first-order valence-corrected chi connectivity index (χ1v) is 6.63. The van der Waals surface area contributed by atoms with E-state index in [1.54, 1.807) is 0 Å². The summed E-state index contributed by atoms with van der Waals surface area (Å²) in [6.07, 6.45) is 0. The minimum atomic E-state index is -0.444. The van der Waals surface area contributed by atoms with Crippen molar-refractivity contribution in [2.45, 2.75) is 0 Å². The molecule has 0 fully saturated rings. The van der Waals surface area contributed by atoms with E-state index in [0.29, 0.717) is 0 Å². The molecule has 0 aliphatic carbocycles. The SMILES string of the molecule is [SiH3]O[SiH2]O[SiH3].[SiH3]O[SiH3]. The number of rotatable bonds is 2. The quantitative estimate of drug-likeness (QED) is 0.418. The summed E-state index contributed by atoms with van der Waals surface area (Å²) in [5.41, 5.74) is 0. The van der Waals surface area contributed by atoms with E-state index in [9.17, 15) is 0 Å². The van der Waals surface area contributed by atoms with Gasteiger partial charge in [0.25, 0.3) is 10.0 Å². The van der Waals surface area contributed by atoms with Gasteiger partial charge in [-0.1, -0.05) is 0 Å². The third kappa shape index (κ3) is 28.2. The van der Waals surface area contributed by atoms with Gasteiger partial charge in [0.15, 0.2) is 0 Å². The molecule has 8 heavy (non-hydrogen) atoms. The van der Waals surface area contributed by atoms with E-state index >= 15 is 0 Å². The highest BCUT2D eigenvalue weighted by molar-refractivity contribution is 6.33. The van der Waals surface area contributed by atoms with Crippen molar-refractivity contribution in [1.29, 1.82) is 0 Å². The first-order chi connectivity index (χ1) is 3.83. The zero-order valence-corrected chi connectivity index (χ0v) is 15.3. The summed E-state index contributed by atoms with van der Waals surface area (Å²) in [6.45, 7) is 0. The van der Waals surface area contributed by atoms with Gasteiger partial charge in [0.2, 0.25) is 0 Å². The molecule has 0 N–H and O–H groups in total. The van der Waals surface area contributed by atoms with Gasteiger partial charge in [0.1, 0.15) is 41.9 Å². The third-order valence-corrected chi connectivity index (χ3v) is 2.12. The molecule has 0 aromatic rings. The van der Waals surface area contributed by atoms with Gasteiger partial charge in [-0.2, -0.15) is 0 Å². The molecule has 0 heterocycles. The summed E-state index contributed by atoms with van der Waals surface area (Å²) >= 11 is 0. The van der Waals surface area contributed by atoms with Crippen LogP contribution in [-0.2, 0) is 12.3 Å². The fourth-order valence-electron chi connectivity index (χ4n) is 0.118. The predicted molar refractivity (Wildman–Crippen MR) is 51.6 cm³/mol. The summed E-state index contributed by atoms with van der Waals surface area (Å²) < 4.78 is 14.1. The van der Waals surface area contributed by atoms with E-state index in [2.05, 4.69) is 4.12 Å². The maximum absolute atomic E-state index is 4.78. The van der Waals surface area contributed by atoms with Crippen molar-refractivity contribution in [3.05, 3.63) is 0 Å². The summed E-state index contributed by atoms with van der Waals surface area (Å²) in [5.74, 6) is 0. The maximum atomic E-state index is 4.78. The molecule has 0 radical (unpaired) electrons. The molecule has 0 saturated carbocycles. The molecule has 0 aliphatic rings. The smallest absolute Gasteiger partial charge is 0.282 e. The molecule has 0 aliphatic heterocycles. The monoisotopic (exact) mass is 202 g/mol. The van der Waals surface area contributed by atoms with Crippen LogP contribution in [0, 0.1) is 0 Å². The molecule has 0 spiro atoms. The molecule has 3 nitrogen and oxygen atoms in total. The second-order valence-electron chi connectivity index (χ2n) is 1.10. The number of hydrogen-bond donors (Lipinski definition) is 0. The zero-order valence-electron chi connectivity index (χ0n) is 5.93. The Morgan fingerprint density at radius 1 is 0.875 bits per heavy atom. The molecule has 0 aromatic carbocycles. The van der Waals surface area contributed by atoms with Crippen LogP contribution in [-0.4, -0.2) is 52.0 Å². The van der Waals surface area contributed by atoms with Crippen LogP contribution in [0.15, 0.2) is 0 Å². The normalized spacial score (nSPS) is 10.5. The first kappa shape index (κ1) is 11.7. The molecule has 0 rings (SSSR count). The van der Waals surface area contributed by atoms with Crippen molar-refractivity contribution in [2.24, 2.45) is 0 Å². The molecule has 0 aromatic heterocycles. The zero-order chi connectivity index (χ0) is 6.83. The van der Waals surface area contributed by atoms with Crippen LogP contribution in [0.3, 0.4) is 0 Å². The van der Waals surface area contributed by atoms with E-state index in [4.69, 9.17) is 8.23 Å². The van der Waals surface area contributed by atoms with E-state index in [1.807, 2.05) is 0 Å². The Labute approximate surface area is 64.7 Å². The van der Waals surface area contributed by atoms with Gasteiger partial charge < -0.3 is 12.3 Å². The molecule has 0 unspecified atom stereocenters. The van der Waals surface area contributed by atoms with E-state index in [1.165, 1.54) is 0 Å². The summed E-state index contributed by atoms with van der Waals surface area (Å²) in [6, 6.07) is 0. The molecule has 0 saturated heterocycles.